The molecule has 4 nitrogen and oxygen atoms in total. The van der Waals surface area contributed by atoms with Crippen molar-refractivity contribution in [1.82, 2.24) is 10.2 Å². The summed E-state index contributed by atoms with van der Waals surface area (Å²) in [6.45, 7) is 2.16. The summed E-state index contributed by atoms with van der Waals surface area (Å²) >= 11 is 15.2. The van der Waals surface area contributed by atoms with Gasteiger partial charge < -0.3 is 5.32 Å². The molecule has 1 N–H and O–H groups in total. The molecule has 0 aliphatic heterocycles. The van der Waals surface area contributed by atoms with Gasteiger partial charge in [0.05, 0.1) is 0 Å². The van der Waals surface area contributed by atoms with E-state index in [4.69, 9.17) is 23.2 Å². The van der Waals surface area contributed by atoms with Crippen LogP contribution in [0.2, 0.25) is 10.0 Å². The Morgan fingerprint density at radius 2 is 2.08 bits per heavy atom. The molecule has 0 radical (unpaired) electrons. The Morgan fingerprint density at radius 3 is 2.79 bits per heavy atom. The highest BCUT2D eigenvalue weighted by molar-refractivity contribution is 8.01. The van der Waals surface area contributed by atoms with Gasteiger partial charge in [-0.25, -0.2) is 0 Å². The third kappa shape index (κ3) is 4.63. The molecule has 1 aromatic carbocycles. The van der Waals surface area contributed by atoms with E-state index in [0.29, 0.717) is 15.2 Å². The van der Waals surface area contributed by atoms with Gasteiger partial charge in [0.1, 0.15) is 0 Å². The third-order valence-electron chi connectivity index (χ3n) is 3.80. The predicted octanol–water partition coefficient (Wildman–Crippen LogP) is 5.48. The van der Waals surface area contributed by atoms with Gasteiger partial charge in [-0.15, -0.1) is 10.2 Å². The molecule has 1 aromatic heterocycles. The van der Waals surface area contributed by atoms with Gasteiger partial charge in [0.2, 0.25) is 11.0 Å². The molecule has 0 saturated heterocycles. The van der Waals surface area contributed by atoms with Gasteiger partial charge in [-0.05, 0) is 42.5 Å². The van der Waals surface area contributed by atoms with Crippen LogP contribution in [0.4, 0.5) is 5.13 Å². The molecular formula is C16H17Cl2N3OS2. The molecule has 1 fully saturated rings. The highest BCUT2D eigenvalue weighted by Gasteiger charge is 2.44. The minimum absolute atomic E-state index is 0.0163. The first kappa shape index (κ1) is 18.0. The Hall–Kier alpha value is -0.820. The van der Waals surface area contributed by atoms with Crippen LogP contribution in [-0.4, -0.2) is 21.9 Å². The predicted molar refractivity (Wildman–Crippen MR) is 101 cm³/mol. The fourth-order valence-electron chi connectivity index (χ4n) is 2.46. The van der Waals surface area contributed by atoms with Crippen LogP contribution in [0.25, 0.3) is 0 Å². The third-order valence-corrected chi connectivity index (χ3v) is 6.29. The maximum Gasteiger partial charge on any atom is 0.229 e. The smallest absolute Gasteiger partial charge is 0.229 e. The molecule has 2 atom stereocenters. The fraction of sp³-hybridized carbons (Fsp3) is 0.438. The van der Waals surface area contributed by atoms with Crippen LogP contribution in [0, 0.1) is 5.92 Å². The van der Waals surface area contributed by atoms with Crippen LogP contribution in [0.1, 0.15) is 37.7 Å². The Balaban J connectivity index is 1.55. The van der Waals surface area contributed by atoms with Gasteiger partial charge in [-0.2, -0.15) is 0 Å². The average molecular weight is 402 g/mol. The Kier molecular flexibility index (Phi) is 6.02. The van der Waals surface area contributed by atoms with Crippen LogP contribution >= 0.6 is 46.3 Å². The van der Waals surface area contributed by atoms with Crippen LogP contribution in [0.15, 0.2) is 22.5 Å². The topological polar surface area (TPSA) is 54.9 Å². The summed E-state index contributed by atoms with van der Waals surface area (Å²) in [6, 6.07) is 5.45. The number of halogens is 2. The maximum atomic E-state index is 12.4. The minimum atomic E-state index is -0.0559. The minimum Gasteiger partial charge on any atom is -0.300 e. The molecule has 128 valence electrons. The molecule has 1 aliphatic carbocycles. The summed E-state index contributed by atoms with van der Waals surface area (Å²) < 4.78 is 0.896. The van der Waals surface area contributed by atoms with Crippen molar-refractivity contribution in [1.29, 1.82) is 0 Å². The van der Waals surface area contributed by atoms with Crippen LogP contribution in [0.3, 0.4) is 0 Å². The Morgan fingerprint density at radius 1 is 1.33 bits per heavy atom. The number of nitrogens with zero attached hydrogens (tertiary/aromatic N) is 2. The van der Waals surface area contributed by atoms with Gasteiger partial charge in [0.25, 0.3) is 0 Å². The van der Waals surface area contributed by atoms with Crippen LogP contribution < -0.4 is 5.32 Å². The summed E-state index contributed by atoms with van der Waals surface area (Å²) in [5, 5.41) is 12.8. The van der Waals surface area contributed by atoms with Gasteiger partial charge in [-0.3, -0.25) is 4.79 Å². The molecule has 1 saturated carbocycles. The monoisotopic (exact) mass is 401 g/mol. The first-order valence-corrected chi connectivity index (χ1v) is 10.4. The van der Waals surface area contributed by atoms with E-state index in [1.807, 2.05) is 12.1 Å². The lowest BCUT2D eigenvalue weighted by Crippen LogP contribution is -2.14. The SMILES string of the molecule is CCCCSc1nnc(NC(=O)[C@@H]2C[C@H]2c2cc(Cl)cc(Cl)c2)s1. The van der Waals surface area contributed by atoms with E-state index < -0.39 is 0 Å². The first-order valence-electron chi connectivity index (χ1n) is 7.80. The second-order valence-electron chi connectivity index (χ2n) is 5.72. The van der Waals surface area contributed by atoms with Gasteiger partial charge in [0, 0.05) is 21.7 Å². The van der Waals surface area contributed by atoms with E-state index in [1.54, 1.807) is 17.8 Å². The summed E-state index contributed by atoms with van der Waals surface area (Å²) in [6.07, 6.45) is 3.11. The molecule has 24 heavy (non-hydrogen) atoms. The van der Waals surface area contributed by atoms with Crippen molar-refractivity contribution in [3.63, 3.8) is 0 Å². The van der Waals surface area contributed by atoms with Crippen molar-refractivity contribution in [3.05, 3.63) is 33.8 Å². The van der Waals surface area contributed by atoms with Crippen molar-refractivity contribution in [2.75, 3.05) is 11.1 Å². The molecule has 1 heterocycles. The number of thioether (sulfide) groups is 1. The molecule has 0 bridgehead atoms. The normalized spacial score (nSPS) is 19.3. The number of anilines is 1. The lowest BCUT2D eigenvalue weighted by molar-refractivity contribution is -0.117. The molecule has 8 heteroatoms. The lowest BCUT2D eigenvalue weighted by atomic mass is 10.1. The number of hydrogen-bond acceptors (Lipinski definition) is 5. The highest BCUT2D eigenvalue weighted by atomic mass is 35.5. The van der Waals surface area contributed by atoms with Crippen molar-refractivity contribution in [2.45, 2.75) is 36.4 Å². The fourth-order valence-corrected chi connectivity index (χ4v) is 4.91. The molecule has 1 aliphatic rings. The van der Waals surface area contributed by atoms with Gasteiger partial charge in [-0.1, -0.05) is 59.6 Å². The average Bonchev–Trinajstić information content (AvgIpc) is 3.22. The molecule has 1 amide bonds. The van der Waals surface area contributed by atoms with Crippen molar-refractivity contribution in [3.8, 4) is 0 Å². The number of aromatic nitrogens is 2. The van der Waals surface area contributed by atoms with Crippen molar-refractivity contribution in [2.24, 2.45) is 5.92 Å². The Bertz CT molecular complexity index is 718. The maximum absolute atomic E-state index is 12.4. The number of carbonyl (C=O) groups is 1. The van der Waals surface area contributed by atoms with Crippen LogP contribution in [0.5, 0.6) is 0 Å². The molecule has 0 unspecified atom stereocenters. The van der Waals surface area contributed by atoms with E-state index in [2.05, 4.69) is 22.4 Å². The number of carbonyl (C=O) groups excluding carboxylic acids is 1. The largest absolute Gasteiger partial charge is 0.300 e. The van der Waals surface area contributed by atoms with Crippen molar-refractivity contribution >= 4 is 57.3 Å². The summed E-state index contributed by atoms with van der Waals surface area (Å²) in [4.78, 5) is 12.4. The Labute approximate surface area is 159 Å². The number of nitrogens with one attached hydrogen (secondary N) is 1. The molecule has 2 aromatic rings. The number of unbranched alkanes of at least 4 members (excludes halogenated alkanes) is 1. The zero-order chi connectivity index (χ0) is 17.1. The van der Waals surface area contributed by atoms with E-state index in [9.17, 15) is 4.79 Å². The molecule has 0 spiro atoms. The molecular weight excluding hydrogens is 385 g/mol. The standard InChI is InChI=1S/C16H17Cl2N3OS2/c1-2-3-4-23-16-21-20-15(24-16)19-14(22)13-8-12(13)9-5-10(17)7-11(18)6-9/h5-7,12-13H,2-4,8H2,1H3,(H,19,20,22)/t12-,13+/m0/s1. The quantitative estimate of drug-likeness (QED) is 0.379. The highest BCUT2D eigenvalue weighted by Crippen LogP contribution is 2.49. The van der Waals surface area contributed by atoms with Crippen LogP contribution in [-0.2, 0) is 4.79 Å². The molecule has 3 rings (SSSR count). The summed E-state index contributed by atoms with van der Waals surface area (Å²) in [5.74, 6) is 1.13. The first-order chi connectivity index (χ1) is 11.6. The zero-order valence-electron chi connectivity index (χ0n) is 13.1. The van der Waals surface area contributed by atoms with E-state index in [1.165, 1.54) is 11.3 Å². The van der Waals surface area contributed by atoms with Crippen molar-refractivity contribution < 1.29 is 4.79 Å². The second-order valence-corrected chi connectivity index (χ2v) is 8.91. The zero-order valence-corrected chi connectivity index (χ0v) is 16.2. The second kappa shape index (κ2) is 8.04. The number of rotatable bonds is 7. The number of benzene rings is 1. The lowest BCUT2D eigenvalue weighted by Gasteiger charge is -2.03. The summed E-state index contributed by atoms with van der Waals surface area (Å²) in [5.41, 5.74) is 1.01. The van der Waals surface area contributed by atoms with Gasteiger partial charge >= 0.3 is 0 Å². The van der Waals surface area contributed by atoms with E-state index >= 15 is 0 Å². The van der Waals surface area contributed by atoms with E-state index in [-0.39, 0.29) is 17.7 Å². The number of amides is 1. The number of hydrogen-bond donors (Lipinski definition) is 1. The van der Waals surface area contributed by atoms with Gasteiger partial charge in [0.15, 0.2) is 4.34 Å². The summed E-state index contributed by atoms with van der Waals surface area (Å²) in [7, 11) is 0. The van der Waals surface area contributed by atoms with E-state index in [0.717, 1.165) is 34.9 Å².